The summed E-state index contributed by atoms with van der Waals surface area (Å²) in [7, 11) is 0. The van der Waals surface area contributed by atoms with Gasteiger partial charge < -0.3 is 10.1 Å². The van der Waals surface area contributed by atoms with Crippen LogP contribution in [0.15, 0.2) is 30.3 Å². The predicted molar refractivity (Wildman–Crippen MR) is 76.8 cm³/mol. The Morgan fingerprint density at radius 1 is 1.40 bits per heavy atom. The lowest BCUT2D eigenvalue weighted by Crippen LogP contribution is -2.28. The first-order chi connectivity index (χ1) is 9.67. The molecule has 0 saturated heterocycles. The number of hydrogen-bond donors (Lipinski definition) is 2. The van der Waals surface area contributed by atoms with Crippen LogP contribution in [0.25, 0.3) is 0 Å². The summed E-state index contributed by atoms with van der Waals surface area (Å²) in [6.45, 7) is 2.41. The average Bonchev–Trinajstić information content (AvgIpc) is 2.92. The molecule has 0 aliphatic rings. The molecule has 0 bridgehead atoms. The SMILES string of the molecule is CCc1cc(CNC(=O)COc2ccc(Cl)cc2)[nH]n1. The van der Waals surface area contributed by atoms with E-state index in [1.165, 1.54) is 0 Å². The quantitative estimate of drug-likeness (QED) is 0.859. The Bertz CT molecular complexity index is 566. The van der Waals surface area contributed by atoms with E-state index in [4.69, 9.17) is 16.3 Å². The van der Waals surface area contributed by atoms with Crippen molar-refractivity contribution in [2.24, 2.45) is 0 Å². The summed E-state index contributed by atoms with van der Waals surface area (Å²) < 4.78 is 5.34. The molecule has 0 saturated carbocycles. The smallest absolute Gasteiger partial charge is 0.258 e. The van der Waals surface area contributed by atoms with Crippen LogP contribution in [0.2, 0.25) is 5.02 Å². The molecule has 0 aliphatic carbocycles. The van der Waals surface area contributed by atoms with Crippen LogP contribution in [0.3, 0.4) is 0 Å². The molecule has 5 nitrogen and oxygen atoms in total. The van der Waals surface area contributed by atoms with Crippen molar-refractivity contribution in [1.82, 2.24) is 15.5 Å². The zero-order chi connectivity index (χ0) is 14.4. The second-order valence-electron chi connectivity index (χ2n) is 4.26. The monoisotopic (exact) mass is 293 g/mol. The van der Waals surface area contributed by atoms with E-state index in [2.05, 4.69) is 15.5 Å². The van der Waals surface area contributed by atoms with E-state index in [0.29, 0.717) is 17.3 Å². The fourth-order valence-electron chi connectivity index (χ4n) is 1.61. The highest BCUT2D eigenvalue weighted by atomic mass is 35.5. The highest BCUT2D eigenvalue weighted by molar-refractivity contribution is 6.30. The van der Waals surface area contributed by atoms with E-state index >= 15 is 0 Å². The zero-order valence-electron chi connectivity index (χ0n) is 11.1. The summed E-state index contributed by atoms with van der Waals surface area (Å²) in [5.74, 6) is 0.423. The Hall–Kier alpha value is -2.01. The van der Waals surface area contributed by atoms with E-state index < -0.39 is 0 Å². The average molecular weight is 294 g/mol. The number of hydrogen-bond acceptors (Lipinski definition) is 3. The maximum atomic E-state index is 11.6. The second kappa shape index (κ2) is 6.96. The number of carbonyl (C=O) groups excluding carboxylic acids is 1. The Balaban J connectivity index is 1.74. The molecule has 0 aliphatic heterocycles. The Kier molecular flexibility index (Phi) is 5.01. The molecule has 2 aromatic rings. The first kappa shape index (κ1) is 14.4. The maximum Gasteiger partial charge on any atom is 0.258 e. The van der Waals surface area contributed by atoms with Gasteiger partial charge in [-0.05, 0) is 36.8 Å². The Morgan fingerprint density at radius 3 is 2.80 bits per heavy atom. The summed E-state index contributed by atoms with van der Waals surface area (Å²) in [5.41, 5.74) is 1.85. The van der Waals surface area contributed by atoms with Gasteiger partial charge in [-0.3, -0.25) is 9.89 Å². The lowest BCUT2D eigenvalue weighted by Gasteiger charge is -2.06. The van der Waals surface area contributed by atoms with Crippen molar-refractivity contribution >= 4 is 17.5 Å². The van der Waals surface area contributed by atoms with Crippen LogP contribution < -0.4 is 10.1 Å². The minimum atomic E-state index is -0.187. The zero-order valence-corrected chi connectivity index (χ0v) is 11.9. The van der Waals surface area contributed by atoms with Crippen LogP contribution in [0.1, 0.15) is 18.3 Å². The minimum absolute atomic E-state index is 0.0313. The van der Waals surface area contributed by atoms with Gasteiger partial charge in [-0.25, -0.2) is 0 Å². The van der Waals surface area contributed by atoms with Crippen molar-refractivity contribution in [2.75, 3.05) is 6.61 Å². The number of rotatable bonds is 6. The second-order valence-corrected chi connectivity index (χ2v) is 4.69. The van der Waals surface area contributed by atoms with Crippen LogP contribution in [0, 0.1) is 0 Å². The van der Waals surface area contributed by atoms with Gasteiger partial charge in [-0.1, -0.05) is 18.5 Å². The molecule has 6 heteroatoms. The minimum Gasteiger partial charge on any atom is -0.484 e. The molecule has 0 atom stereocenters. The highest BCUT2D eigenvalue weighted by Gasteiger charge is 2.04. The normalized spacial score (nSPS) is 10.3. The van der Waals surface area contributed by atoms with Gasteiger partial charge in [0.1, 0.15) is 5.75 Å². The number of aromatic amines is 1. The van der Waals surface area contributed by atoms with Gasteiger partial charge in [0.25, 0.3) is 5.91 Å². The van der Waals surface area contributed by atoms with Gasteiger partial charge >= 0.3 is 0 Å². The molecule has 20 heavy (non-hydrogen) atoms. The molecule has 0 radical (unpaired) electrons. The standard InChI is InChI=1S/C14H16ClN3O2/c1-2-11-7-12(18-17-11)8-16-14(19)9-20-13-5-3-10(15)4-6-13/h3-7H,2,8-9H2,1H3,(H,16,19)(H,17,18). The molecule has 2 N–H and O–H groups in total. The third-order valence-electron chi connectivity index (χ3n) is 2.71. The van der Waals surface area contributed by atoms with Crippen molar-refractivity contribution in [2.45, 2.75) is 19.9 Å². The van der Waals surface area contributed by atoms with E-state index in [-0.39, 0.29) is 12.5 Å². The van der Waals surface area contributed by atoms with E-state index in [0.717, 1.165) is 17.8 Å². The van der Waals surface area contributed by atoms with Crippen molar-refractivity contribution in [1.29, 1.82) is 0 Å². The molecule has 106 valence electrons. The molecule has 2 rings (SSSR count). The van der Waals surface area contributed by atoms with Crippen LogP contribution in [-0.4, -0.2) is 22.7 Å². The first-order valence-electron chi connectivity index (χ1n) is 6.35. The molecule has 1 aromatic carbocycles. The van der Waals surface area contributed by atoms with E-state index in [1.807, 2.05) is 13.0 Å². The number of halogens is 1. The number of nitrogens with zero attached hydrogens (tertiary/aromatic N) is 1. The predicted octanol–water partition coefficient (Wildman–Crippen LogP) is 2.32. The van der Waals surface area contributed by atoms with Crippen LogP contribution >= 0.6 is 11.6 Å². The third kappa shape index (κ3) is 4.28. The van der Waals surface area contributed by atoms with Crippen LogP contribution in [-0.2, 0) is 17.8 Å². The lowest BCUT2D eigenvalue weighted by molar-refractivity contribution is -0.123. The molecule has 0 unspecified atom stereocenters. The fraction of sp³-hybridized carbons (Fsp3) is 0.286. The molecular formula is C14H16ClN3O2. The Morgan fingerprint density at radius 2 is 2.15 bits per heavy atom. The van der Waals surface area contributed by atoms with Gasteiger partial charge in [-0.15, -0.1) is 0 Å². The van der Waals surface area contributed by atoms with Crippen LogP contribution in [0.5, 0.6) is 5.75 Å². The maximum absolute atomic E-state index is 11.6. The number of benzene rings is 1. The summed E-state index contributed by atoms with van der Waals surface area (Å²) in [6, 6.07) is 8.80. The van der Waals surface area contributed by atoms with Gasteiger partial charge in [0.05, 0.1) is 17.9 Å². The highest BCUT2D eigenvalue weighted by Crippen LogP contribution is 2.15. The van der Waals surface area contributed by atoms with Gasteiger partial charge in [0.15, 0.2) is 6.61 Å². The van der Waals surface area contributed by atoms with Gasteiger partial charge in [-0.2, -0.15) is 5.10 Å². The van der Waals surface area contributed by atoms with E-state index in [1.54, 1.807) is 24.3 Å². The third-order valence-corrected chi connectivity index (χ3v) is 2.96. The molecule has 0 fully saturated rings. The summed E-state index contributed by atoms with van der Waals surface area (Å²) in [6.07, 6.45) is 0.865. The number of H-pyrrole nitrogens is 1. The fourth-order valence-corrected chi connectivity index (χ4v) is 1.73. The first-order valence-corrected chi connectivity index (χ1v) is 6.73. The Labute approximate surface area is 122 Å². The number of aryl methyl sites for hydroxylation is 1. The van der Waals surface area contributed by atoms with E-state index in [9.17, 15) is 4.79 Å². The molecular weight excluding hydrogens is 278 g/mol. The summed E-state index contributed by atoms with van der Waals surface area (Å²) >= 11 is 5.76. The van der Waals surface area contributed by atoms with Crippen molar-refractivity contribution in [3.05, 3.63) is 46.7 Å². The molecule has 1 aromatic heterocycles. The number of amides is 1. The van der Waals surface area contributed by atoms with Crippen LogP contribution in [0.4, 0.5) is 0 Å². The lowest BCUT2D eigenvalue weighted by atomic mass is 10.3. The van der Waals surface area contributed by atoms with Crippen molar-refractivity contribution < 1.29 is 9.53 Å². The number of aromatic nitrogens is 2. The number of ether oxygens (including phenoxy) is 1. The molecule has 1 amide bonds. The topological polar surface area (TPSA) is 67.0 Å². The summed E-state index contributed by atoms with van der Waals surface area (Å²) in [5, 5.41) is 10.4. The van der Waals surface area contributed by atoms with Gasteiger partial charge in [0, 0.05) is 5.02 Å². The largest absolute Gasteiger partial charge is 0.484 e. The summed E-state index contributed by atoms with van der Waals surface area (Å²) in [4.78, 5) is 11.6. The molecule has 0 spiro atoms. The van der Waals surface area contributed by atoms with Crippen molar-refractivity contribution in [3.8, 4) is 5.75 Å². The number of nitrogens with one attached hydrogen (secondary N) is 2. The number of carbonyl (C=O) groups is 1. The van der Waals surface area contributed by atoms with Crippen molar-refractivity contribution in [3.63, 3.8) is 0 Å². The molecule has 1 heterocycles. The van der Waals surface area contributed by atoms with Gasteiger partial charge in [0.2, 0.25) is 0 Å².